The summed E-state index contributed by atoms with van der Waals surface area (Å²) < 4.78 is 11.0. The number of benzene rings is 2. The zero-order chi connectivity index (χ0) is 23.3. The fraction of sp³-hybridized carbons (Fsp3) is 0.481. The molecule has 0 aliphatic heterocycles. The molecule has 174 valence electrons. The molecule has 0 spiro atoms. The van der Waals surface area contributed by atoms with Gasteiger partial charge in [-0.25, -0.2) is 4.79 Å². The lowest BCUT2D eigenvalue weighted by Crippen LogP contribution is -2.19. The molecule has 0 N–H and O–H groups in total. The number of hydrogen-bond donors (Lipinski definition) is 0. The summed E-state index contributed by atoms with van der Waals surface area (Å²) in [6.07, 6.45) is 6.99. The van der Waals surface area contributed by atoms with Gasteiger partial charge in [0.2, 0.25) is 0 Å². The highest BCUT2D eigenvalue weighted by Gasteiger charge is 2.19. The average Bonchev–Trinajstić information content (AvgIpc) is 2.80. The summed E-state index contributed by atoms with van der Waals surface area (Å²) in [7, 11) is 0. The maximum absolute atomic E-state index is 12.9. The van der Waals surface area contributed by atoms with Gasteiger partial charge >= 0.3 is 11.9 Å². The number of rotatable bonds is 13. The third-order valence-corrected chi connectivity index (χ3v) is 5.99. The summed E-state index contributed by atoms with van der Waals surface area (Å²) in [6.45, 7) is 6.26. The zero-order valence-electron chi connectivity index (χ0n) is 19.4. The Bertz CT molecular complexity index is 848. The van der Waals surface area contributed by atoms with Crippen molar-refractivity contribution < 1.29 is 19.1 Å². The van der Waals surface area contributed by atoms with E-state index in [1.54, 1.807) is 18.2 Å². The van der Waals surface area contributed by atoms with E-state index in [2.05, 4.69) is 6.92 Å². The Balaban J connectivity index is 2.09. The normalized spacial score (nSPS) is 11.9. The first kappa shape index (κ1) is 25.9. The number of carbonyl (C=O) groups excluding carboxylic acids is 2. The molecular weight excluding hydrogens is 424 g/mol. The van der Waals surface area contributed by atoms with Crippen LogP contribution in [-0.4, -0.2) is 23.9 Å². The van der Waals surface area contributed by atoms with Crippen LogP contribution < -0.4 is 4.74 Å². The predicted molar refractivity (Wildman–Crippen MR) is 130 cm³/mol. The molecule has 0 unspecified atom stereocenters. The van der Waals surface area contributed by atoms with E-state index in [9.17, 15) is 9.59 Å². The summed E-state index contributed by atoms with van der Waals surface area (Å²) in [5.74, 6) is -0.233. The number of halogens is 1. The van der Waals surface area contributed by atoms with Gasteiger partial charge < -0.3 is 9.47 Å². The van der Waals surface area contributed by atoms with Crippen molar-refractivity contribution >= 4 is 23.5 Å². The lowest BCUT2D eigenvalue weighted by atomic mass is 9.99. The van der Waals surface area contributed by atoms with Crippen molar-refractivity contribution in [2.45, 2.75) is 71.1 Å². The van der Waals surface area contributed by atoms with E-state index in [0.29, 0.717) is 17.7 Å². The van der Waals surface area contributed by atoms with Crippen LogP contribution in [0.25, 0.3) is 11.1 Å². The first-order valence-electron chi connectivity index (χ1n) is 11.6. The Kier molecular flexibility index (Phi) is 11.3. The smallest absolute Gasteiger partial charge is 0.338 e. The van der Waals surface area contributed by atoms with Crippen molar-refractivity contribution in [1.29, 1.82) is 0 Å². The number of alkyl halides is 1. The molecule has 2 aromatic carbocycles. The molecule has 0 radical (unpaired) electrons. The molecule has 0 aliphatic carbocycles. The van der Waals surface area contributed by atoms with Crippen LogP contribution in [0.2, 0.25) is 0 Å². The molecule has 0 heterocycles. The summed E-state index contributed by atoms with van der Waals surface area (Å²) in [4.78, 5) is 25.2. The van der Waals surface area contributed by atoms with Gasteiger partial charge in [-0.2, -0.15) is 0 Å². The molecule has 4 nitrogen and oxygen atoms in total. The van der Waals surface area contributed by atoms with Crippen molar-refractivity contribution in [1.82, 2.24) is 0 Å². The second-order valence-corrected chi connectivity index (χ2v) is 8.98. The fourth-order valence-corrected chi connectivity index (χ4v) is 3.35. The molecule has 1 atom stereocenters. The Morgan fingerprint density at radius 1 is 0.938 bits per heavy atom. The van der Waals surface area contributed by atoms with E-state index >= 15 is 0 Å². The monoisotopic (exact) mass is 458 g/mol. The maximum Gasteiger partial charge on any atom is 0.338 e. The minimum absolute atomic E-state index is 0.119. The highest BCUT2D eigenvalue weighted by atomic mass is 35.5. The molecule has 0 aliphatic rings. The van der Waals surface area contributed by atoms with Crippen molar-refractivity contribution in [2.24, 2.45) is 5.92 Å². The predicted octanol–water partition coefficient (Wildman–Crippen LogP) is 7.43. The van der Waals surface area contributed by atoms with Gasteiger partial charge in [-0.3, -0.25) is 4.79 Å². The maximum atomic E-state index is 12.9. The van der Waals surface area contributed by atoms with Gasteiger partial charge in [-0.05, 0) is 41.7 Å². The second kappa shape index (κ2) is 13.9. The Labute approximate surface area is 197 Å². The lowest BCUT2D eigenvalue weighted by molar-refractivity contribution is -0.134. The number of esters is 2. The van der Waals surface area contributed by atoms with E-state index in [-0.39, 0.29) is 23.9 Å². The number of ether oxygens (including phenoxy) is 2. The molecule has 5 heteroatoms. The topological polar surface area (TPSA) is 52.6 Å². The quantitative estimate of drug-likeness (QED) is 0.135. The van der Waals surface area contributed by atoms with Gasteiger partial charge in [-0.1, -0.05) is 83.2 Å². The molecule has 2 rings (SSSR count). The summed E-state index contributed by atoms with van der Waals surface area (Å²) in [5, 5.41) is -0.266. The van der Waals surface area contributed by atoms with Gasteiger partial charge in [0.15, 0.2) is 0 Å². The van der Waals surface area contributed by atoms with Crippen LogP contribution in [0.5, 0.6) is 5.75 Å². The van der Waals surface area contributed by atoms with Crippen LogP contribution in [-0.2, 0) is 9.53 Å². The van der Waals surface area contributed by atoms with Crippen molar-refractivity contribution in [3.63, 3.8) is 0 Å². The molecule has 2 aromatic rings. The van der Waals surface area contributed by atoms with Crippen LogP contribution in [0, 0.1) is 5.92 Å². The van der Waals surface area contributed by atoms with E-state index in [4.69, 9.17) is 21.1 Å². The zero-order valence-corrected chi connectivity index (χ0v) is 20.2. The molecule has 0 saturated heterocycles. The number of hydrogen-bond acceptors (Lipinski definition) is 4. The average molecular weight is 459 g/mol. The first-order chi connectivity index (χ1) is 15.4. The summed E-state index contributed by atoms with van der Waals surface area (Å²) >= 11 is 6.25. The van der Waals surface area contributed by atoms with Gasteiger partial charge in [0, 0.05) is 6.42 Å². The van der Waals surface area contributed by atoms with Gasteiger partial charge in [0.1, 0.15) is 12.4 Å². The summed E-state index contributed by atoms with van der Waals surface area (Å²) in [6, 6.07) is 14.7. The second-order valence-electron chi connectivity index (χ2n) is 8.42. The first-order valence-corrected chi connectivity index (χ1v) is 12.1. The van der Waals surface area contributed by atoms with Crippen LogP contribution >= 0.6 is 11.6 Å². The van der Waals surface area contributed by atoms with Crippen molar-refractivity contribution in [3.8, 4) is 16.9 Å². The Morgan fingerprint density at radius 3 is 2.31 bits per heavy atom. The van der Waals surface area contributed by atoms with Crippen LogP contribution in [0.1, 0.15) is 76.1 Å². The number of carbonyl (C=O) groups is 2. The van der Waals surface area contributed by atoms with E-state index in [1.165, 1.54) is 19.3 Å². The third kappa shape index (κ3) is 8.66. The molecule has 0 fully saturated rings. The Morgan fingerprint density at radius 2 is 1.62 bits per heavy atom. The summed E-state index contributed by atoms with van der Waals surface area (Å²) in [5.41, 5.74) is 1.96. The van der Waals surface area contributed by atoms with Gasteiger partial charge in [-0.15, -0.1) is 11.6 Å². The van der Waals surface area contributed by atoms with E-state index in [0.717, 1.165) is 30.4 Å². The van der Waals surface area contributed by atoms with E-state index in [1.807, 2.05) is 44.2 Å². The molecule has 32 heavy (non-hydrogen) atoms. The Hall–Kier alpha value is -2.33. The van der Waals surface area contributed by atoms with Crippen LogP contribution in [0.3, 0.4) is 0 Å². The molecule has 0 amide bonds. The van der Waals surface area contributed by atoms with Crippen molar-refractivity contribution in [2.75, 3.05) is 6.61 Å². The largest absolute Gasteiger partial charge is 0.460 e. The highest BCUT2D eigenvalue weighted by molar-refractivity contribution is 6.21. The van der Waals surface area contributed by atoms with Crippen molar-refractivity contribution in [3.05, 3.63) is 54.1 Å². The highest BCUT2D eigenvalue weighted by Crippen LogP contribution is 2.29. The minimum Gasteiger partial charge on any atom is -0.460 e. The van der Waals surface area contributed by atoms with Crippen LogP contribution in [0.4, 0.5) is 0 Å². The molecule has 0 bridgehead atoms. The van der Waals surface area contributed by atoms with Gasteiger partial charge in [0.25, 0.3) is 0 Å². The van der Waals surface area contributed by atoms with Gasteiger partial charge in [0.05, 0.1) is 10.9 Å². The molecular formula is C27H35ClO4. The SMILES string of the molecule is CCCCCCCCC(=O)Oc1ccc(-c2ccccc2)c(C(=O)OC[C@@H](Cl)C(C)C)c1. The van der Waals surface area contributed by atoms with E-state index < -0.39 is 5.97 Å². The third-order valence-electron chi connectivity index (χ3n) is 5.36. The minimum atomic E-state index is -0.482. The lowest BCUT2D eigenvalue weighted by Gasteiger charge is -2.15. The molecule has 0 saturated carbocycles. The molecule has 0 aromatic heterocycles. The standard InChI is InChI=1S/C27H35ClO4/c1-4-5-6-7-8-12-15-26(29)32-22-16-17-23(21-13-10-9-11-14-21)24(18-22)27(30)31-19-25(28)20(2)3/h9-11,13-14,16-18,20,25H,4-8,12,15,19H2,1-3H3/t25-/m1/s1. The number of unbranched alkanes of at least 4 members (excludes halogenated alkanes) is 5. The fourth-order valence-electron chi connectivity index (χ4n) is 3.28. The van der Waals surface area contributed by atoms with Crippen LogP contribution in [0.15, 0.2) is 48.5 Å².